The molecule has 0 aliphatic rings. The van der Waals surface area contributed by atoms with Crippen molar-refractivity contribution in [2.75, 3.05) is 7.05 Å². The highest BCUT2D eigenvalue weighted by molar-refractivity contribution is 7.11. The fraction of sp³-hybridized carbons (Fsp3) is 0.267. The summed E-state index contributed by atoms with van der Waals surface area (Å²) in [6, 6.07) is 10.1. The lowest BCUT2D eigenvalue weighted by Gasteiger charge is -2.16. The lowest BCUT2D eigenvalue weighted by molar-refractivity contribution is 0.638. The van der Waals surface area contributed by atoms with Gasteiger partial charge < -0.3 is 5.32 Å². The number of aryl methyl sites for hydroxylation is 2. The third-order valence-corrected chi connectivity index (χ3v) is 4.50. The number of benzene rings is 1. The van der Waals surface area contributed by atoms with Gasteiger partial charge in [-0.05, 0) is 33.0 Å². The first-order valence-corrected chi connectivity index (χ1v) is 7.59. The van der Waals surface area contributed by atoms with Crippen LogP contribution >= 0.6 is 11.3 Å². The van der Waals surface area contributed by atoms with Crippen molar-refractivity contribution in [2.45, 2.75) is 19.9 Å². The molecule has 2 heterocycles. The fourth-order valence-corrected chi connectivity index (χ4v) is 3.49. The summed E-state index contributed by atoms with van der Waals surface area (Å²) in [6.07, 6.45) is 1.81. The number of rotatable bonds is 4. The number of hydrogen-bond acceptors (Lipinski definition) is 5. The molecule has 0 spiro atoms. The van der Waals surface area contributed by atoms with E-state index in [1.54, 1.807) is 11.3 Å². The molecule has 0 aliphatic carbocycles. The van der Waals surface area contributed by atoms with Gasteiger partial charge in [0.1, 0.15) is 0 Å². The van der Waals surface area contributed by atoms with Crippen LogP contribution in [0.3, 0.4) is 0 Å². The summed E-state index contributed by atoms with van der Waals surface area (Å²) in [5.74, 6) is 0. The van der Waals surface area contributed by atoms with E-state index in [1.165, 1.54) is 4.88 Å². The van der Waals surface area contributed by atoms with E-state index in [9.17, 15) is 0 Å². The van der Waals surface area contributed by atoms with Crippen LogP contribution in [0.4, 0.5) is 0 Å². The lowest BCUT2D eigenvalue weighted by Crippen LogP contribution is -2.21. The number of hydrogen-bond donors (Lipinski definition) is 1. The summed E-state index contributed by atoms with van der Waals surface area (Å²) < 4.78 is 1.87. The largest absolute Gasteiger partial charge is 0.307 e. The van der Waals surface area contributed by atoms with Crippen LogP contribution in [0.1, 0.15) is 27.3 Å². The average molecular weight is 299 g/mol. The van der Waals surface area contributed by atoms with Gasteiger partial charge in [-0.2, -0.15) is 0 Å². The van der Waals surface area contributed by atoms with Crippen LogP contribution in [0.5, 0.6) is 0 Å². The van der Waals surface area contributed by atoms with Gasteiger partial charge in [-0.3, -0.25) is 0 Å². The molecule has 0 radical (unpaired) electrons. The van der Waals surface area contributed by atoms with Crippen LogP contribution in [0.25, 0.3) is 5.69 Å². The van der Waals surface area contributed by atoms with Gasteiger partial charge in [-0.25, -0.2) is 9.67 Å². The Hall–Kier alpha value is -2.05. The van der Waals surface area contributed by atoms with Gasteiger partial charge >= 0.3 is 0 Å². The molecule has 0 aliphatic heterocycles. The molecule has 0 saturated heterocycles. The predicted octanol–water partition coefficient (Wildman–Crippen LogP) is 2.65. The molecule has 5 nitrogen and oxygen atoms in total. The molecule has 0 saturated carbocycles. The standard InChI is InChI=1S/C15H17N5S/c1-10-15(21-11(2)18-10)14(16-3)13-9-17-19-20(13)12-7-5-4-6-8-12/h4-9,14,16H,1-3H3. The molecule has 1 unspecified atom stereocenters. The molecule has 6 heteroatoms. The second-order valence-corrected chi connectivity index (χ2v) is 6.05. The van der Waals surface area contributed by atoms with Gasteiger partial charge in [-0.1, -0.05) is 23.4 Å². The first-order chi connectivity index (χ1) is 10.2. The smallest absolute Gasteiger partial charge is 0.0900 e. The van der Waals surface area contributed by atoms with Crippen molar-refractivity contribution >= 4 is 11.3 Å². The molecule has 3 aromatic rings. The summed E-state index contributed by atoms with van der Waals surface area (Å²) in [5.41, 5.74) is 3.07. The fourth-order valence-electron chi connectivity index (χ4n) is 2.44. The Morgan fingerprint density at radius 2 is 1.95 bits per heavy atom. The monoisotopic (exact) mass is 299 g/mol. The molecule has 108 valence electrons. The quantitative estimate of drug-likeness (QED) is 0.804. The second kappa shape index (κ2) is 5.75. The zero-order valence-electron chi connectivity index (χ0n) is 12.2. The van der Waals surface area contributed by atoms with Crippen LogP contribution in [0.2, 0.25) is 0 Å². The summed E-state index contributed by atoms with van der Waals surface area (Å²) in [5, 5.41) is 12.7. The molecule has 1 atom stereocenters. The molecule has 21 heavy (non-hydrogen) atoms. The topological polar surface area (TPSA) is 55.6 Å². The highest BCUT2D eigenvalue weighted by Gasteiger charge is 2.22. The Morgan fingerprint density at radius 1 is 1.19 bits per heavy atom. The third-order valence-electron chi connectivity index (χ3n) is 3.36. The van der Waals surface area contributed by atoms with Crippen LogP contribution in [-0.2, 0) is 0 Å². The molecule has 3 rings (SSSR count). The van der Waals surface area contributed by atoms with Crippen molar-refractivity contribution in [3.05, 3.63) is 57.8 Å². The number of thiazole rings is 1. The van der Waals surface area contributed by atoms with Crippen molar-refractivity contribution < 1.29 is 0 Å². The number of nitrogens with one attached hydrogen (secondary N) is 1. The maximum Gasteiger partial charge on any atom is 0.0900 e. The first kappa shape index (κ1) is 13.9. The van der Waals surface area contributed by atoms with Gasteiger partial charge in [0.25, 0.3) is 0 Å². The van der Waals surface area contributed by atoms with E-state index in [-0.39, 0.29) is 6.04 Å². The minimum Gasteiger partial charge on any atom is -0.307 e. The Labute approximate surface area is 127 Å². The molecule has 2 aromatic heterocycles. The normalized spacial score (nSPS) is 12.5. The van der Waals surface area contributed by atoms with Crippen molar-refractivity contribution in [1.29, 1.82) is 0 Å². The van der Waals surface area contributed by atoms with Crippen LogP contribution in [0.15, 0.2) is 36.5 Å². The van der Waals surface area contributed by atoms with Crippen LogP contribution in [0, 0.1) is 13.8 Å². The number of aromatic nitrogens is 4. The Morgan fingerprint density at radius 3 is 2.57 bits per heavy atom. The van der Waals surface area contributed by atoms with Gasteiger partial charge in [-0.15, -0.1) is 16.4 Å². The summed E-state index contributed by atoms with van der Waals surface area (Å²) in [6.45, 7) is 4.07. The minimum absolute atomic E-state index is 0.0337. The molecule has 0 fully saturated rings. The molecule has 1 N–H and O–H groups in total. The van der Waals surface area contributed by atoms with E-state index < -0.39 is 0 Å². The van der Waals surface area contributed by atoms with Crippen molar-refractivity contribution in [2.24, 2.45) is 0 Å². The van der Waals surface area contributed by atoms with Crippen molar-refractivity contribution in [3.63, 3.8) is 0 Å². The maximum absolute atomic E-state index is 4.52. The van der Waals surface area contributed by atoms with Gasteiger partial charge in [0, 0.05) is 0 Å². The molecule has 0 bridgehead atoms. The lowest BCUT2D eigenvalue weighted by atomic mass is 10.1. The first-order valence-electron chi connectivity index (χ1n) is 6.78. The third kappa shape index (κ3) is 2.59. The van der Waals surface area contributed by atoms with E-state index in [4.69, 9.17) is 0 Å². The van der Waals surface area contributed by atoms with E-state index in [0.717, 1.165) is 22.1 Å². The average Bonchev–Trinajstić information content (AvgIpc) is 3.09. The highest BCUT2D eigenvalue weighted by Crippen LogP contribution is 2.30. The Balaban J connectivity index is 2.07. The summed E-state index contributed by atoms with van der Waals surface area (Å²) >= 11 is 1.71. The van der Waals surface area contributed by atoms with Crippen molar-refractivity contribution in [1.82, 2.24) is 25.3 Å². The van der Waals surface area contributed by atoms with Gasteiger partial charge in [0.15, 0.2) is 0 Å². The van der Waals surface area contributed by atoms with E-state index in [1.807, 2.05) is 62.1 Å². The number of para-hydroxylation sites is 1. The predicted molar refractivity (Wildman–Crippen MR) is 83.8 cm³/mol. The van der Waals surface area contributed by atoms with Gasteiger partial charge in [0.05, 0.1) is 39.2 Å². The zero-order chi connectivity index (χ0) is 14.8. The van der Waals surface area contributed by atoms with Gasteiger partial charge in [0.2, 0.25) is 0 Å². The SMILES string of the molecule is CNC(c1sc(C)nc1C)c1cnnn1-c1ccccc1. The summed E-state index contributed by atoms with van der Waals surface area (Å²) in [7, 11) is 1.95. The second-order valence-electron chi connectivity index (χ2n) is 4.81. The van der Waals surface area contributed by atoms with Crippen LogP contribution in [-0.4, -0.2) is 27.0 Å². The molecule has 1 aromatic carbocycles. The number of nitrogens with zero attached hydrogens (tertiary/aromatic N) is 4. The Kier molecular flexibility index (Phi) is 3.81. The zero-order valence-corrected chi connectivity index (χ0v) is 13.1. The van der Waals surface area contributed by atoms with E-state index >= 15 is 0 Å². The van der Waals surface area contributed by atoms with E-state index in [2.05, 4.69) is 20.6 Å². The maximum atomic E-state index is 4.52. The minimum atomic E-state index is 0.0337. The molecule has 0 amide bonds. The molecular formula is C15H17N5S. The van der Waals surface area contributed by atoms with E-state index in [0.29, 0.717) is 0 Å². The Bertz CT molecular complexity index is 732. The highest BCUT2D eigenvalue weighted by atomic mass is 32.1. The molecular weight excluding hydrogens is 282 g/mol. The van der Waals surface area contributed by atoms with Crippen LogP contribution < -0.4 is 5.32 Å². The summed E-state index contributed by atoms with van der Waals surface area (Å²) in [4.78, 5) is 5.72. The van der Waals surface area contributed by atoms with Crippen molar-refractivity contribution in [3.8, 4) is 5.69 Å².